The van der Waals surface area contributed by atoms with Crippen molar-refractivity contribution in [3.05, 3.63) is 34.2 Å². The molecule has 0 bridgehead atoms. The summed E-state index contributed by atoms with van der Waals surface area (Å²) < 4.78 is 42.7. The Kier molecular flexibility index (Phi) is 8.32. The van der Waals surface area contributed by atoms with E-state index in [4.69, 9.17) is 11.6 Å². The minimum atomic E-state index is -4.63. The van der Waals surface area contributed by atoms with Crippen molar-refractivity contribution in [2.24, 2.45) is 11.8 Å². The molecule has 1 atom stereocenters. The Hall–Kier alpha value is -2.09. The number of hydrogen-bond donors (Lipinski definition) is 0. The van der Waals surface area contributed by atoms with Crippen LogP contribution in [0.2, 0.25) is 5.15 Å². The van der Waals surface area contributed by atoms with Crippen molar-refractivity contribution in [1.29, 1.82) is 0 Å². The number of halogens is 4. The average molecular weight is 526 g/mol. The highest BCUT2D eigenvalue weighted by molar-refractivity contribution is 6.33. The summed E-state index contributed by atoms with van der Waals surface area (Å²) in [5.41, 5.74) is -0.978. The number of rotatable bonds is 10. The van der Waals surface area contributed by atoms with Crippen molar-refractivity contribution < 1.29 is 22.8 Å². The van der Waals surface area contributed by atoms with Crippen molar-refractivity contribution in [3.63, 3.8) is 0 Å². The molecule has 1 unspecified atom stereocenters. The highest BCUT2D eigenvalue weighted by Crippen LogP contribution is 2.43. The number of alkyl halides is 3. The number of aromatic nitrogens is 2. The molecule has 0 saturated heterocycles. The number of nitrogens with zero attached hydrogens (tertiary/aromatic N) is 3. The van der Waals surface area contributed by atoms with Gasteiger partial charge in [-0.15, -0.1) is 0 Å². The van der Waals surface area contributed by atoms with E-state index >= 15 is 0 Å². The Labute approximate surface area is 215 Å². The molecule has 2 heterocycles. The van der Waals surface area contributed by atoms with E-state index in [-0.39, 0.29) is 34.7 Å². The Morgan fingerprint density at radius 1 is 1.17 bits per heavy atom. The van der Waals surface area contributed by atoms with Crippen LogP contribution in [-0.4, -0.2) is 39.1 Å². The van der Waals surface area contributed by atoms with Gasteiger partial charge in [-0.2, -0.15) is 13.2 Å². The summed E-state index contributed by atoms with van der Waals surface area (Å²) in [7, 11) is 0. The van der Waals surface area contributed by atoms with Gasteiger partial charge in [-0.1, -0.05) is 64.0 Å². The van der Waals surface area contributed by atoms with Gasteiger partial charge in [0, 0.05) is 19.2 Å². The number of hydrogen-bond acceptors (Lipinski definition) is 3. The van der Waals surface area contributed by atoms with Crippen molar-refractivity contribution in [2.75, 3.05) is 13.1 Å². The standard InChI is InChI=1S/C27H35ClF3N3O2/c1-3-12-33(16-21(35)13-17(4-2)18-8-6-5-7-9-18)26(36)23-24(28)34-15-20(19-10-11-19)14-22(25(34)32-23)27(29,30)31/h14-15,17-19H,3-13,16H2,1-2H3. The molecule has 5 nitrogen and oxygen atoms in total. The first-order chi connectivity index (χ1) is 17.1. The van der Waals surface area contributed by atoms with E-state index < -0.39 is 17.6 Å². The Balaban J connectivity index is 1.58. The molecule has 0 spiro atoms. The van der Waals surface area contributed by atoms with E-state index in [0.29, 0.717) is 36.8 Å². The second-order valence-electron chi connectivity index (χ2n) is 10.4. The fraction of sp³-hybridized carbons (Fsp3) is 0.667. The summed E-state index contributed by atoms with van der Waals surface area (Å²) in [4.78, 5) is 31.9. The normalized spacial score (nSPS) is 17.9. The molecule has 0 aliphatic heterocycles. The Morgan fingerprint density at radius 2 is 1.86 bits per heavy atom. The topological polar surface area (TPSA) is 54.7 Å². The maximum atomic E-state index is 13.8. The molecule has 2 fully saturated rings. The SMILES string of the molecule is CCCN(CC(=O)CC(CC)C1CCCCC1)C(=O)c1nc2c(C(F)(F)F)cc(C3CC3)cn2c1Cl. The molecule has 2 aliphatic carbocycles. The van der Waals surface area contributed by atoms with Crippen molar-refractivity contribution in [2.45, 2.75) is 90.1 Å². The molecule has 36 heavy (non-hydrogen) atoms. The molecule has 198 valence electrons. The quantitative estimate of drug-likeness (QED) is 0.327. The van der Waals surface area contributed by atoms with Gasteiger partial charge in [0.2, 0.25) is 0 Å². The molecular weight excluding hydrogens is 491 g/mol. The maximum absolute atomic E-state index is 13.8. The lowest BCUT2D eigenvalue weighted by molar-refractivity contribution is -0.136. The van der Waals surface area contributed by atoms with Gasteiger partial charge in [0.05, 0.1) is 12.1 Å². The fourth-order valence-electron chi connectivity index (χ4n) is 5.61. The highest BCUT2D eigenvalue weighted by Gasteiger charge is 2.38. The highest BCUT2D eigenvalue weighted by atomic mass is 35.5. The third-order valence-corrected chi connectivity index (χ3v) is 8.08. The predicted octanol–water partition coefficient (Wildman–Crippen LogP) is 7.30. The zero-order chi connectivity index (χ0) is 26.0. The van der Waals surface area contributed by atoms with E-state index in [9.17, 15) is 22.8 Å². The van der Waals surface area contributed by atoms with E-state index in [1.807, 2.05) is 6.92 Å². The van der Waals surface area contributed by atoms with E-state index in [1.54, 1.807) is 6.20 Å². The van der Waals surface area contributed by atoms with Gasteiger partial charge in [0.1, 0.15) is 5.15 Å². The fourth-order valence-corrected chi connectivity index (χ4v) is 5.87. The van der Waals surface area contributed by atoms with Gasteiger partial charge in [-0.25, -0.2) is 4.98 Å². The third-order valence-electron chi connectivity index (χ3n) is 7.72. The van der Waals surface area contributed by atoms with Crippen LogP contribution >= 0.6 is 11.6 Å². The molecule has 0 N–H and O–H groups in total. The number of pyridine rings is 1. The van der Waals surface area contributed by atoms with E-state index in [0.717, 1.165) is 38.2 Å². The lowest BCUT2D eigenvalue weighted by Gasteiger charge is -2.30. The van der Waals surface area contributed by atoms with Crippen molar-refractivity contribution >= 4 is 28.9 Å². The monoisotopic (exact) mass is 525 g/mol. The van der Waals surface area contributed by atoms with Crippen LogP contribution in [0.5, 0.6) is 0 Å². The van der Waals surface area contributed by atoms with Crippen LogP contribution in [0, 0.1) is 11.8 Å². The van der Waals surface area contributed by atoms with Crippen molar-refractivity contribution in [1.82, 2.24) is 14.3 Å². The van der Waals surface area contributed by atoms with Crippen LogP contribution in [-0.2, 0) is 11.0 Å². The first kappa shape index (κ1) is 27.0. The number of fused-ring (bicyclic) bond motifs is 1. The van der Waals surface area contributed by atoms with Gasteiger partial charge in [0.25, 0.3) is 5.91 Å². The molecule has 0 aromatic carbocycles. The number of amides is 1. The van der Waals surface area contributed by atoms with Crippen LogP contribution in [0.4, 0.5) is 13.2 Å². The van der Waals surface area contributed by atoms with Gasteiger partial charge < -0.3 is 4.90 Å². The predicted molar refractivity (Wildman–Crippen MR) is 133 cm³/mol. The molecular formula is C27H35ClF3N3O2. The Morgan fingerprint density at radius 3 is 2.44 bits per heavy atom. The molecule has 1 amide bonds. The average Bonchev–Trinajstić information content (AvgIpc) is 3.65. The second-order valence-corrected chi connectivity index (χ2v) is 10.8. The summed E-state index contributed by atoms with van der Waals surface area (Å²) in [6, 6.07) is 1.12. The summed E-state index contributed by atoms with van der Waals surface area (Å²) in [6.07, 6.45) is 6.44. The largest absolute Gasteiger partial charge is 0.419 e. The van der Waals surface area contributed by atoms with Crippen LogP contribution in [0.15, 0.2) is 12.3 Å². The van der Waals surface area contributed by atoms with Crippen LogP contribution < -0.4 is 0 Å². The summed E-state index contributed by atoms with van der Waals surface area (Å²) in [5.74, 6) is 0.271. The van der Waals surface area contributed by atoms with Gasteiger partial charge in [-0.3, -0.25) is 14.0 Å². The van der Waals surface area contributed by atoms with Gasteiger partial charge in [0.15, 0.2) is 17.1 Å². The summed E-state index contributed by atoms with van der Waals surface area (Å²) >= 11 is 6.46. The zero-order valence-electron chi connectivity index (χ0n) is 21.0. The number of carbonyl (C=O) groups excluding carboxylic acids is 2. The number of carbonyl (C=O) groups is 2. The van der Waals surface area contributed by atoms with E-state index in [2.05, 4.69) is 11.9 Å². The minimum Gasteiger partial charge on any atom is -0.330 e. The van der Waals surface area contributed by atoms with Crippen LogP contribution in [0.1, 0.15) is 106 Å². The molecule has 0 radical (unpaired) electrons. The summed E-state index contributed by atoms with van der Waals surface area (Å²) in [5, 5.41) is -0.148. The van der Waals surface area contributed by atoms with E-state index in [1.165, 1.54) is 28.6 Å². The molecule has 9 heteroatoms. The van der Waals surface area contributed by atoms with Gasteiger partial charge >= 0.3 is 6.18 Å². The lowest BCUT2D eigenvalue weighted by atomic mass is 9.76. The summed E-state index contributed by atoms with van der Waals surface area (Å²) in [6.45, 7) is 4.21. The molecule has 2 aromatic heterocycles. The van der Waals surface area contributed by atoms with Gasteiger partial charge in [-0.05, 0) is 48.6 Å². The number of imidazole rings is 1. The van der Waals surface area contributed by atoms with Crippen molar-refractivity contribution in [3.8, 4) is 0 Å². The zero-order valence-corrected chi connectivity index (χ0v) is 21.8. The Bertz CT molecular complexity index is 1100. The smallest absolute Gasteiger partial charge is 0.330 e. The minimum absolute atomic E-state index is 0.0267. The number of ketones is 1. The number of Topliss-reactive ketones (excluding diaryl/α,β-unsaturated/α-hetero) is 1. The first-order valence-electron chi connectivity index (χ1n) is 13.2. The maximum Gasteiger partial charge on any atom is 0.419 e. The lowest BCUT2D eigenvalue weighted by Crippen LogP contribution is -2.37. The molecule has 2 aromatic rings. The van der Waals surface area contributed by atoms with Crippen LogP contribution in [0.25, 0.3) is 5.65 Å². The molecule has 2 aliphatic rings. The van der Waals surface area contributed by atoms with Crippen LogP contribution in [0.3, 0.4) is 0 Å². The molecule has 4 rings (SSSR count). The second kappa shape index (κ2) is 11.1. The first-order valence-corrected chi connectivity index (χ1v) is 13.6. The molecule has 2 saturated carbocycles. The third kappa shape index (κ3) is 5.90.